The summed E-state index contributed by atoms with van der Waals surface area (Å²) in [5, 5.41) is 10.4. The number of aliphatic hydroxyl groups excluding tert-OH is 1. The van der Waals surface area contributed by atoms with Crippen LogP contribution in [0.5, 0.6) is 0 Å². The summed E-state index contributed by atoms with van der Waals surface area (Å²) in [5.74, 6) is 0.915. The van der Waals surface area contributed by atoms with E-state index in [9.17, 15) is 9.90 Å². The number of unbranched alkanes of at least 4 members (excludes halogenated alkanes) is 2. The monoisotopic (exact) mass is 398 g/mol. The van der Waals surface area contributed by atoms with Crippen molar-refractivity contribution in [1.29, 1.82) is 0 Å². The molecule has 3 rings (SSSR count). The summed E-state index contributed by atoms with van der Waals surface area (Å²) in [6, 6.07) is 12.7. The van der Waals surface area contributed by atoms with Crippen LogP contribution in [0.4, 0.5) is 0 Å². The van der Waals surface area contributed by atoms with Crippen molar-refractivity contribution < 1.29 is 9.90 Å². The number of aliphatic hydroxyl groups is 1. The number of aryl methyl sites for hydroxylation is 2. The van der Waals surface area contributed by atoms with Crippen LogP contribution in [0.3, 0.4) is 0 Å². The summed E-state index contributed by atoms with van der Waals surface area (Å²) < 4.78 is 0. The zero-order valence-corrected chi connectivity index (χ0v) is 18.1. The zero-order valence-electron chi connectivity index (χ0n) is 17.3. The van der Waals surface area contributed by atoms with Crippen LogP contribution in [0.25, 0.3) is 0 Å². The molecule has 0 amide bonds. The first-order valence-corrected chi connectivity index (χ1v) is 11.8. The lowest BCUT2D eigenvalue weighted by atomic mass is 9.84. The maximum Gasteiger partial charge on any atom is 0.140 e. The van der Waals surface area contributed by atoms with Gasteiger partial charge in [-0.2, -0.15) is 0 Å². The molecule has 1 aliphatic carbocycles. The fourth-order valence-electron chi connectivity index (χ4n) is 4.52. The van der Waals surface area contributed by atoms with Crippen LogP contribution in [0.2, 0.25) is 0 Å². The third kappa shape index (κ3) is 5.55. The van der Waals surface area contributed by atoms with E-state index in [1.807, 2.05) is 23.5 Å². The van der Waals surface area contributed by atoms with Crippen LogP contribution < -0.4 is 0 Å². The molecule has 2 nitrogen and oxygen atoms in total. The van der Waals surface area contributed by atoms with Gasteiger partial charge in [-0.15, -0.1) is 11.3 Å². The Bertz CT molecular complexity index is 746. The Morgan fingerprint density at radius 3 is 2.57 bits per heavy atom. The number of thiophene rings is 1. The lowest BCUT2D eigenvalue weighted by Crippen LogP contribution is -2.13. The fourth-order valence-corrected chi connectivity index (χ4v) is 5.45. The normalized spacial score (nSPS) is 20.6. The number of carbonyl (C=O) groups excluding carboxylic acids is 1. The smallest absolute Gasteiger partial charge is 0.140 e. The minimum Gasteiger partial charge on any atom is -0.388 e. The van der Waals surface area contributed by atoms with Crippen LogP contribution in [0, 0.1) is 12.8 Å². The lowest BCUT2D eigenvalue weighted by molar-refractivity contribution is -0.119. The number of rotatable bonds is 10. The molecule has 0 saturated heterocycles. The van der Waals surface area contributed by atoms with E-state index < -0.39 is 0 Å². The average molecular weight is 399 g/mol. The molecule has 1 fully saturated rings. The molecule has 0 radical (unpaired) electrons. The van der Waals surface area contributed by atoms with Gasteiger partial charge >= 0.3 is 0 Å². The minimum atomic E-state index is -0.384. The highest BCUT2D eigenvalue weighted by Gasteiger charge is 2.35. The maximum absolute atomic E-state index is 12.6. The Kier molecular flexibility index (Phi) is 7.87. The van der Waals surface area contributed by atoms with Gasteiger partial charge in [0.2, 0.25) is 0 Å². The van der Waals surface area contributed by atoms with Crippen LogP contribution in [0.15, 0.2) is 36.4 Å². The molecule has 0 aliphatic heterocycles. The van der Waals surface area contributed by atoms with Crippen molar-refractivity contribution in [1.82, 2.24) is 0 Å². The van der Waals surface area contributed by atoms with Gasteiger partial charge in [-0.1, -0.05) is 50.5 Å². The molecule has 0 spiro atoms. The van der Waals surface area contributed by atoms with Crippen LogP contribution in [-0.2, 0) is 11.2 Å². The first-order chi connectivity index (χ1) is 13.6. The van der Waals surface area contributed by atoms with Crippen molar-refractivity contribution in [2.24, 2.45) is 5.92 Å². The number of hydrogen-bond donors (Lipinski definition) is 1. The summed E-state index contributed by atoms with van der Waals surface area (Å²) in [4.78, 5) is 15.4. The molecule has 152 valence electrons. The van der Waals surface area contributed by atoms with Gasteiger partial charge in [-0.05, 0) is 68.2 Å². The molecular formula is C25H34O2S. The molecule has 1 aromatic heterocycles. The predicted octanol–water partition coefficient (Wildman–Crippen LogP) is 6.76. The van der Waals surface area contributed by atoms with Gasteiger partial charge in [0.05, 0.1) is 6.10 Å². The second kappa shape index (κ2) is 10.4. The third-order valence-electron chi connectivity index (χ3n) is 6.14. The number of benzene rings is 1. The highest BCUT2D eigenvalue weighted by molar-refractivity contribution is 7.11. The summed E-state index contributed by atoms with van der Waals surface area (Å²) in [6.07, 6.45) is 8.97. The van der Waals surface area contributed by atoms with E-state index in [-0.39, 0.29) is 12.0 Å². The van der Waals surface area contributed by atoms with E-state index >= 15 is 0 Å². The second-order valence-corrected chi connectivity index (χ2v) is 9.70. The third-order valence-corrected chi connectivity index (χ3v) is 7.20. The maximum atomic E-state index is 12.6. The van der Waals surface area contributed by atoms with Gasteiger partial charge in [0, 0.05) is 22.1 Å². The fraction of sp³-hybridized carbons (Fsp3) is 0.560. The Morgan fingerprint density at radius 1 is 1.11 bits per heavy atom. The van der Waals surface area contributed by atoms with Crippen molar-refractivity contribution in [3.63, 3.8) is 0 Å². The highest BCUT2D eigenvalue weighted by atomic mass is 32.1. The van der Waals surface area contributed by atoms with Crippen molar-refractivity contribution >= 4 is 17.1 Å². The molecule has 1 saturated carbocycles. The van der Waals surface area contributed by atoms with E-state index in [1.165, 1.54) is 22.6 Å². The van der Waals surface area contributed by atoms with Gasteiger partial charge in [-0.25, -0.2) is 0 Å². The molecule has 0 bridgehead atoms. The topological polar surface area (TPSA) is 37.3 Å². The van der Waals surface area contributed by atoms with Crippen LogP contribution >= 0.6 is 11.3 Å². The number of Topliss-reactive ketones (excluding diaryl/α,β-unsaturated/α-hetero) is 1. The number of hydrogen-bond acceptors (Lipinski definition) is 3. The van der Waals surface area contributed by atoms with Gasteiger partial charge in [0.1, 0.15) is 5.78 Å². The molecule has 1 heterocycles. The Labute approximate surface area is 174 Å². The molecule has 3 heteroatoms. The van der Waals surface area contributed by atoms with Crippen LogP contribution in [-0.4, -0.2) is 10.9 Å². The van der Waals surface area contributed by atoms with E-state index in [0.29, 0.717) is 11.7 Å². The Morgan fingerprint density at radius 2 is 1.89 bits per heavy atom. The average Bonchev–Trinajstić information content (AvgIpc) is 3.27. The summed E-state index contributed by atoms with van der Waals surface area (Å²) in [5.41, 5.74) is 2.12. The van der Waals surface area contributed by atoms with Crippen molar-refractivity contribution in [3.8, 4) is 0 Å². The second-order valence-electron chi connectivity index (χ2n) is 8.33. The van der Waals surface area contributed by atoms with Crippen molar-refractivity contribution in [2.45, 2.75) is 83.7 Å². The first kappa shape index (κ1) is 21.3. The molecule has 1 aliphatic rings. The summed E-state index contributed by atoms with van der Waals surface area (Å²) in [7, 11) is 0. The predicted molar refractivity (Wildman–Crippen MR) is 118 cm³/mol. The first-order valence-electron chi connectivity index (χ1n) is 10.9. The standard InChI is InChI=1S/C25H34O2S/c1-3-4-5-9-23(26)19-11-13-21(14-12-19)25-20(15-17-24(25)27)7-6-8-22-16-10-18(2)28-22/h10-14,16,20,23,25-26H,3-9,15,17H2,1-2H3/t20-,23?,25-/m0/s1. The largest absolute Gasteiger partial charge is 0.388 e. The van der Waals surface area contributed by atoms with Gasteiger partial charge < -0.3 is 5.11 Å². The quantitative estimate of drug-likeness (QED) is 0.449. The van der Waals surface area contributed by atoms with Crippen molar-refractivity contribution in [3.05, 3.63) is 57.3 Å². The van der Waals surface area contributed by atoms with Gasteiger partial charge in [0.25, 0.3) is 0 Å². The number of ketones is 1. The molecular weight excluding hydrogens is 364 g/mol. The Balaban J connectivity index is 1.57. The van der Waals surface area contributed by atoms with E-state index in [0.717, 1.165) is 56.1 Å². The van der Waals surface area contributed by atoms with Crippen molar-refractivity contribution in [2.75, 3.05) is 0 Å². The SMILES string of the molecule is CCCCCC(O)c1ccc([C@H]2C(=O)CC[C@@H]2CCCc2ccc(C)s2)cc1. The zero-order chi connectivity index (χ0) is 19.9. The van der Waals surface area contributed by atoms with Gasteiger partial charge in [0.15, 0.2) is 0 Å². The summed E-state index contributed by atoms with van der Waals surface area (Å²) >= 11 is 1.89. The van der Waals surface area contributed by atoms with E-state index in [2.05, 4.69) is 38.1 Å². The highest BCUT2D eigenvalue weighted by Crippen LogP contribution is 2.40. The minimum absolute atomic E-state index is 0.0522. The molecule has 3 atom stereocenters. The number of carbonyl (C=O) groups is 1. The van der Waals surface area contributed by atoms with E-state index in [1.54, 1.807) is 0 Å². The summed E-state index contributed by atoms with van der Waals surface area (Å²) in [6.45, 7) is 4.34. The molecule has 1 unspecified atom stereocenters. The molecule has 28 heavy (non-hydrogen) atoms. The van der Waals surface area contributed by atoms with Crippen LogP contribution in [0.1, 0.15) is 91.2 Å². The van der Waals surface area contributed by atoms with Gasteiger partial charge in [-0.3, -0.25) is 4.79 Å². The molecule has 1 aromatic carbocycles. The Hall–Kier alpha value is -1.45. The van der Waals surface area contributed by atoms with E-state index in [4.69, 9.17) is 0 Å². The lowest BCUT2D eigenvalue weighted by Gasteiger charge is -2.20. The molecule has 2 aromatic rings. The molecule has 1 N–H and O–H groups in total.